The van der Waals surface area contributed by atoms with Gasteiger partial charge in [-0.15, -0.1) is 0 Å². The number of benzene rings is 1. The molecule has 0 bridgehead atoms. The summed E-state index contributed by atoms with van der Waals surface area (Å²) in [4.78, 5) is 10.4. The zero-order chi connectivity index (χ0) is 15.8. The molecular formula is C13H19N3O4S. The number of piperazine rings is 1. The highest BCUT2D eigenvalue weighted by molar-refractivity contribution is 7.89. The molecule has 0 radical (unpaired) electrons. The molecule has 0 amide bonds. The van der Waals surface area contributed by atoms with Crippen molar-refractivity contribution in [3.63, 3.8) is 0 Å². The van der Waals surface area contributed by atoms with Crippen molar-refractivity contribution in [2.75, 3.05) is 13.1 Å². The van der Waals surface area contributed by atoms with Gasteiger partial charge in [-0.2, -0.15) is 4.31 Å². The normalized spacial score (nSPS) is 24.0. The van der Waals surface area contributed by atoms with Crippen molar-refractivity contribution in [1.29, 1.82) is 0 Å². The van der Waals surface area contributed by atoms with E-state index in [1.165, 1.54) is 29.4 Å². The molecular weight excluding hydrogens is 294 g/mol. The lowest BCUT2D eigenvalue weighted by atomic mass is 10.1. The number of hydrogen-bond acceptors (Lipinski definition) is 5. The first-order valence-corrected chi connectivity index (χ1v) is 8.20. The number of nitrogens with one attached hydrogen (secondary N) is 1. The maximum Gasteiger partial charge on any atom is 0.273 e. The second kappa shape index (κ2) is 5.70. The number of nitrogens with zero attached hydrogens (tertiary/aromatic N) is 2. The van der Waals surface area contributed by atoms with Crippen LogP contribution in [0.25, 0.3) is 0 Å². The van der Waals surface area contributed by atoms with Gasteiger partial charge in [0.1, 0.15) is 0 Å². The fraction of sp³-hybridized carbons (Fsp3) is 0.538. The first-order valence-electron chi connectivity index (χ1n) is 6.76. The van der Waals surface area contributed by atoms with Crippen LogP contribution < -0.4 is 5.32 Å². The molecule has 2 atom stereocenters. The van der Waals surface area contributed by atoms with Gasteiger partial charge < -0.3 is 5.32 Å². The van der Waals surface area contributed by atoms with E-state index >= 15 is 0 Å². The third kappa shape index (κ3) is 2.78. The molecule has 0 aromatic heterocycles. The fourth-order valence-electron chi connectivity index (χ4n) is 2.57. The van der Waals surface area contributed by atoms with Gasteiger partial charge in [0.15, 0.2) is 0 Å². The molecule has 1 aliphatic heterocycles. The van der Waals surface area contributed by atoms with Crippen LogP contribution in [0.1, 0.15) is 19.4 Å². The van der Waals surface area contributed by atoms with Crippen LogP contribution >= 0.6 is 0 Å². The first kappa shape index (κ1) is 15.9. The van der Waals surface area contributed by atoms with Gasteiger partial charge in [-0.05, 0) is 26.8 Å². The summed E-state index contributed by atoms with van der Waals surface area (Å²) >= 11 is 0. The summed E-state index contributed by atoms with van der Waals surface area (Å²) in [6.45, 7) is 6.16. The predicted octanol–water partition coefficient (Wildman–Crippen LogP) is 1.27. The number of hydrogen-bond donors (Lipinski definition) is 1. The Labute approximate surface area is 124 Å². The largest absolute Gasteiger partial charge is 0.311 e. The zero-order valence-corrected chi connectivity index (χ0v) is 13.1. The summed E-state index contributed by atoms with van der Waals surface area (Å²) in [5.41, 5.74) is 0.00722. The van der Waals surface area contributed by atoms with Crippen LogP contribution in [0, 0.1) is 17.0 Å². The zero-order valence-electron chi connectivity index (χ0n) is 12.2. The standard InChI is InChI=1S/C13H19N3O4S/c1-9-12(16(17)18)5-4-6-13(9)21(19,20)15-8-7-14-10(2)11(15)3/h4-6,10-11,14H,7-8H2,1-3H3. The lowest BCUT2D eigenvalue weighted by molar-refractivity contribution is -0.385. The van der Waals surface area contributed by atoms with Gasteiger partial charge in [-0.1, -0.05) is 6.07 Å². The van der Waals surface area contributed by atoms with E-state index in [2.05, 4.69) is 5.32 Å². The molecule has 0 saturated carbocycles. The minimum absolute atomic E-state index is 0.0117. The van der Waals surface area contributed by atoms with Gasteiger partial charge in [0.2, 0.25) is 10.0 Å². The van der Waals surface area contributed by atoms with Crippen molar-refractivity contribution >= 4 is 15.7 Å². The molecule has 0 aliphatic carbocycles. The Balaban J connectivity index is 2.50. The molecule has 116 valence electrons. The van der Waals surface area contributed by atoms with Crippen molar-refractivity contribution in [3.05, 3.63) is 33.9 Å². The van der Waals surface area contributed by atoms with Gasteiger partial charge >= 0.3 is 0 Å². The molecule has 21 heavy (non-hydrogen) atoms. The molecule has 8 heteroatoms. The summed E-state index contributed by atoms with van der Waals surface area (Å²) in [6, 6.07) is 3.98. The first-order chi connectivity index (χ1) is 9.76. The average Bonchev–Trinajstić information content (AvgIpc) is 2.41. The SMILES string of the molecule is Cc1c([N+](=O)[O-])cccc1S(=O)(=O)N1CCNC(C)C1C. The second-order valence-corrected chi connectivity index (χ2v) is 7.12. The molecule has 1 aromatic rings. The van der Waals surface area contributed by atoms with E-state index < -0.39 is 14.9 Å². The number of nitro groups is 1. The van der Waals surface area contributed by atoms with Crippen LogP contribution in [0.3, 0.4) is 0 Å². The number of rotatable bonds is 3. The highest BCUT2D eigenvalue weighted by atomic mass is 32.2. The molecule has 1 N–H and O–H groups in total. The quantitative estimate of drug-likeness (QED) is 0.670. The fourth-order valence-corrected chi connectivity index (χ4v) is 4.52. The summed E-state index contributed by atoms with van der Waals surface area (Å²) in [5.74, 6) is 0. The Hall–Kier alpha value is -1.51. The van der Waals surface area contributed by atoms with E-state index in [4.69, 9.17) is 0 Å². The van der Waals surface area contributed by atoms with E-state index in [0.717, 1.165) is 0 Å². The maximum absolute atomic E-state index is 12.8. The van der Waals surface area contributed by atoms with Gasteiger partial charge in [-0.25, -0.2) is 8.42 Å². The molecule has 2 unspecified atom stereocenters. The van der Waals surface area contributed by atoms with Crippen molar-refractivity contribution in [2.24, 2.45) is 0 Å². The smallest absolute Gasteiger partial charge is 0.273 e. The molecule has 1 aliphatic rings. The number of nitro benzene ring substituents is 1. The molecule has 1 heterocycles. The molecule has 0 spiro atoms. The van der Waals surface area contributed by atoms with E-state index in [1.54, 1.807) is 0 Å². The maximum atomic E-state index is 12.8. The van der Waals surface area contributed by atoms with Crippen LogP contribution in [0.4, 0.5) is 5.69 Å². The van der Waals surface area contributed by atoms with Crippen molar-refractivity contribution < 1.29 is 13.3 Å². The topological polar surface area (TPSA) is 92.5 Å². The summed E-state index contributed by atoms with van der Waals surface area (Å²) < 4.78 is 27.0. The highest BCUT2D eigenvalue weighted by Crippen LogP contribution is 2.29. The average molecular weight is 313 g/mol. The van der Waals surface area contributed by atoms with E-state index in [-0.39, 0.29) is 28.2 Å². The third-order valence-electron chi connectivity index (χ3n) is 4.02. The number of sulfonamides is 1. The van der Waals surface area contributed by atoms with Crippen LogP contribution in [-0.2, 0) is 10.0 Å². The van der Waals surface area contributed by atoms with Crippen LogP contribution in [-0.4, -0.2) is 42.8 Å². The summed E-state index contributed by atoms with van der Waals surface area (Å²) in [7, 11) is -3.74. The molecule has 7 nitrogen and oxygen atoms in total. The lowest BCUT2D eigenvalue weighted by Gasteiger charge is -2.37. The van der Waals surface area contributed by atoms with Crippen molar-refractivity contribution in [2.45, 2.75) is 37.8 Å². The van der Waals surface area contributed by atoms with Crippen LogP contribution in [0.2, 0.25) is 0 Å². The van der Waals surface area contributed by atoms with E-state index in [0.29, 0.717) is 13.1 Å². The Morgan fingerprint density at radius 2 is 2.05 bits per heavy atom. The Bertz CT molecular complexity index is 659. The summed E-state index contributed by atoms with van der Waals surface area (Å²) in [6.07, 6.45) is 0. The van der Waals surface area contributed by atoms with Gasteiger partial charge in [0.05, 0.1) is 9.82 Å². The minimum atomic E-state index is -3.74. The highest BCUT2D eigenvalue weighted by Gasteiger charge is 2.36. The third-order valence-corrected chi connectivity index (χ3v) is 6.15. The monoisotopic (exact) mass is 313 g/mol. The predicted molar refractivity (Wildman–Crippen MR) is 78.7 cm³/mol. The van der Waals surface area contributed by atoms with Gasteiger partial charge in [-0.3, -0.25) is 10.1 Å². The van der Waals surface area contributed by atoms with E-state index in [9.17, 15) is 18.5 Å². The molecule has 1 aromatic carbocycles. The molecule has 1 fully saturated rings. The van der Waals surface area contributed by atoms with E-state index in [1.807, 2.05) is 13.8 Å². The van der Waals surface area contributed by atoms with Gasteiger partial charge in [0, 0.05) is 36.8 Å². The van der Waals surface area contributed by atoms with Crippen LogP contribution in [0.5, 0.6) is 0 Å². The van der Waals surface area contributed by atoms with Gasteiger partial charge in [0.25, 0.3) is 5.69 Å². The molecule has 1 saturated heterocycles. The van der Waals surface area contributed by atoms with Crippen molar-refractivity contribution in [1.82, 2.24) is 9.62 Å². The summed E-state index contributed by atoms with van der Waals surface area (Å²) in [5, 5.41) is 14.2. The Morgan fingerprint density at radius 1 is 1.38 bits per heavy atom. The minimum Gasteiger partial charge on any atom is -0.311 e. The molecule has 2 rings (SSSR count). The van der Waals surface area contributed by atoms with Crippen LogP contribution in [0.15, 0.2) is 23.1 Å². The van der Waals surface area contributed by atoms with Crippen molar-refractivity contribution in [3.8, 4) is 0 Å². The Morgan fingerprint density at radius 3 is 2.67 bits per heavy atom. The lowest BCUT2D eigenvalue weighted by Crippen LogP contribution is -2.57. The second-order valence-electron chi connectivity index (χ2n) is 5.26. The Kier molecular flexibility index (Phi) is 4.31.